The number of hydrogen-bond donors (Lipinski definition) is 2. The van der Waals surface area contributed by atoms with Crippen LogP contribution >= 0.6 is 11.3 Å². The van der Waals surface area contributed by atoms with Gasteiger partial charge in [-0.05, 0) is 39.0 Å². The van der Waals surface area contributed by atoms with Gasteiger partial charge in [0, 0.05) is 22.7 Å². The second-order valence-corrected chi connectivity index (χ2v) is 6.11. The lowest BCUT2D eigenvalue weighted by Gasteiger charge is -2.20. The third-order valence-corrected chi connectivity index (χ3v) is 4.31. The number of aryl methyl sites for hydroxylation is 1. The zero-order valence-electron chi connectivity index (χ0n) is 12.2. The van der Waals surface area contributed by atoms with Crippen LogP contribution in [-0.4, -0.2) is 17.2 Å². The Morgan fingerprint density at radius 1 is 1.30 bits per heavy atom. The Morgan fingerprint density at radius 2 is 2.05 bits per heavy atom. The van der Waals surface area contributed by atoms with Crippen LogP contribution in [0.3, 0.4) is 0 Å². The highest BCUT2D eigenvalue weighted by atomic mass is 32.1. The fourth-order valence-corrected chi connectivity index (χ4v) is 2.90. The van der Waals surface area contributed by atoms with Gasteiger partial charge >= 0.3 is 0 Å². The second kappa shape index (κ2) is 6.24. The molecule has 0 aliphatic rings. The molecule has 0 aliphatic heterocycles. The van der Waals surface area contributed by atoms with Gasteiger partial charge < -0.3 is 15.2 Å². The smallest absolute Gasteiger partial charge is 0.120 e. The van der Waals surface area contributed by atoms with E-state index in [1.54, 1.807) is 30.6 Å². The maximum atomic E-state index is 9.98. The van der Waals surface area contributed by atoms with E-state index in [2.05, 4.69) is 17.2 Å². The summed E-state index contributed by atoms with van der Waals surface area (Å²) >= 11 is 1.68. The summed E-state index contributed by atoms with van der Waals surface area (Å²) in [6, 6.07) is 5.40. The highest BCUT2D eigenvalue weighted by Crippen LogP contribution is 2.30. The Balaban J connectivity index is 2.13. The van der Waals surface area contributed by atoms with Crippen LogP contribution in [0.5, 0.6) is 11.5 Å². The van der Waals surface area contributed by atoms with Gasteiger partial charge in [0.1, 0.15) is 16.5 Å². The van der Waals surface area contributed by atoms with Crippen molar-refractivity contribution in [1.82, 2.24) is 10.3 Å². The largest absolute Gasteiger partial charge is 0.508 e. The first-order valence-corrected chi connectivity index (χ1v) is 7.38. The number of thiazole rings is 1. The molecule has 0 bridgehead atoms. The lowest BCUT2D eigenvalue weighted by atomic mass is 10.1. The predicted octanol–water partition coefficient (Wildman–Crippen LogP) is 3.58. The second-order valence-electron chi connectivity index (χ2n) is 4.84. The molecule has 2 rings (SSSR count). The Labute approximate surface area is 123 Å². The number of phenolic OH excluding ortho intramolecular Hbond substituents is 1. The SMILES string of the molecule is COc1ccc(O)c(C(C)NC(C)c2ncc(C)s2)c1. The normalized spacial score (nSPS) is 14.0. The molecule has 20 heavy (non-hydrogen) atoms. The number of hydrogen-bond acceptors (Lipinski definition) is 5. The minimum absolute atomic E-state index is 0.00399. The summed E-state index contributed by atoms with van der Waals surface area (Å²) in [5.74, 6) is 1.01. The monoisotopic (exact) mass is 292 g/mol. The molecule has 2 unspecified atom stereocenters. The van der Waals surface area contributed by atoms with E-state index >= 15 is 0 Å². The molecular formula is C15H20N2O2S. The molecule has 108 valence electrons. The van der Waals surface area contributed by atoms with Crippen molar-refractivity contribution in [3.63, 3.8) is 0 Å². The van der Waals surface area contributed by atoms with Gasteiger partial charge in [0.15, 0.2) is 0 Å². The molecule has 0 saturated carbocycles. The van der Waals surface area contributed by atoms with Crippen LogP contribution in [0.1, 0.15) is 41.4 Å². The van der Waals surface area contributed by atoms with Crippen molar-refractivity contribution in [3.05, 3.63) is 39.8 Å². The Kier molecular flexibility index (Phi) is 4.62. The quantitative estimate of drug-likeness (QED) is 0.884. The van der Waals surface area contributed by atoms with Gasteiger partial charge in [-0.3, -0.25) is 0 Å². The van der Waals surface area contributed by atoms with Crippen LogP contribution in [0.15, 0.2) is 24.4 Å². The Morgan fingerprint density at radius 3 is 2.65 bits per heavy atom. The van der Waals surface area contributed by atoms with Gasteiger partial charge in [0.2, 0.25) is 0 Å². The molecule has 0 radical (unpaired) electrons. The summed E-state index contributed by atoms with van der Waals surface area (Å²) in [5.41, 5.74) is 0.824. The van der Waals surface area contributed by atoms with E-state index in [9.17, 15) is 5.11 Å². The van der Waals surface area contributed by atoms with Crippen LogP contribution in [0.25, 0.3) is 0 Å². The molecule has 5 heteroatoms. The molecule has 4 nitrogen and oxygen atoms in total. The van der Waals surface area contributed by atoms with Crippen molar-refractivity contribution in [2.75, 3.05) is 7.11 Å². The average molecular weight is 292 g/mol. The fourth-order valence-electron chi connectivity index (χ4n) is 2.11. The molecule has 1 heterocycles. The van der Waals surface area contributed by atoms with Gasteiger partial charge in [-0.25, -0.2) is 4.98 Å². The van der Waals surface area contributed by atoms with E-state index < -0.39 is 0 Å². The zero-order valence-corrected chi connectivity index (χ0v) is 13.0. The number of aromatic nitrogens is 1. The van der Waals surface area contributed by atoms with Crippen LogP contribution in [0, 0.1) is 6.92 Å². The predicted molar refractivity (Wildman–Crippen MR) is 81.5 cm³/mol. The van der Waals surface area contributed by atoms with Crippen molar-refractivity contribution < 1.29 is 9.84 Å². The molecule has 2 N–H and O–H groups in total. The number of ether oxygens (including phenoxy) is 1. The molecular weight excluding hydrogens is 272 g/mol. The fraction of sp³-hybridized carbons (Fsp3) is 0.400. The number of benzene rings is 1. The van der Waals surface area contributed by atoms with Crippen molar-refractivity contribution >= 4 is 11.3 Å². The van der Waals surface area contributed by atoms with Crippen molar-refractivity contribution in [3.8, 4) is 11.5 Å². The minimum atomic E-state index is 0.00399. The molecule has 2 atom stereocenters. The van der Waals surface area contributed by atoms with Gasteiger partial charge in [-0.1, -0.05) is 0 Å². The lowest BCUT2D eigenvalue weighted by Crippen LogP contribution is -2.22. The van der Waals surface area contributed by atoms with E-state index in [1.807, 2.05) is 26.1 Å². The Bertz CT molecular complexity index is 583. The molecule has 0 saturated heterocycles. The summed E-state index contributed by atoms with van der Waals surface area (Å²) < 4.78 is 5.20. The number of aromatic hydroxyl groups is 1. The number of methoxy groups -OCH3 is 1. The van der Waals surface area contributed by atoms with E-state index in [4.69, 9.17) is 4.74 Å². The van der Waals surface area contributed by atoms with Crippen LogP contribution < -0.4 is 10.1 Å². The number of phenols is 1. The first kappa shape index (κ1) is 14.8. The molecule has 1 aromatic carbocycles. The highest BCUT2D eigenvalue weighted by Gasteiger charge is 2.16. The zero-order chi connectivity index (χ0) is 14.7. The summed E-state index contributed by atoms with van der Waals surface area (Å²) in [7, 11) is 1.62. The van der Waals surface area contributed by atoms with E-state index in [0.29, 0.717) is 0 Å². The molecule has 1 aromatic heterocycles. The molecule has 0 spiro atoms. The van der Waals surface area contributed by atoms with Crippen LogP contribution in [0.2, 0.25) is 0 Å². The summed E-state index contributed by atoms with van der Waals surface area (Å²) in [6.45, 7) is 6.14. The number of nitrogens with one attached hydrogen (secondary N) is 1. The Hall–Kier alpha value is -1.59. The van der Waals surface area contributed by atoms with Gasteiger partial charge in [0.05, 0.1) is 13.2 Å². The topological polar surface area (TPSA) is 54.4 Å². The maximum absolute atomic E-state index is 9.98. The number of nitrogens with zero attached hydrogens (tertiary/aromatic N) is 1. The van der Waals surface area contributed by atoms with E-state index in [1.165, 1.54) is 4.88 Å². The molecule has 2 aromatic rings. The van der Waals surface area contributed by atoms with Crippen molar-refractivity contribution in [1.29, 1.82) is 0 Å². The molecule has 0 amide bonds. The van der Waals surface area contributed by atoms with Gasteiger partial charge in [-0.15, -0.1) is 11.3 Å². The standard InChI is InChI=1S/C15H20N2O2S/c1-9-8-16-15(20-9)11(3)17-10(2)13-7-12(19-4)5-6-14(13)18/h5-8,10-11,17-18H,1-4H3. The number of rotatable bonds is 5. The third kappa shape index (κ3) is 3.29. The summed E-state index contributed by atoms with van der Waals surface area (Å²) in [6.07, 6.45) is 1.88. The summed E-state index contributed by atoms with van der Waals surface area (Å²) in [5, 5.41) is 14.5. The summed E-state index contributed by atoms with van der Waals surface area (Å²) in [4.78, 5) is 5.59. The third-order valence-electron chi connectivity index (χ3n) is 3.21. The van der Waals surface area contributed by atoms with Crippen molar-refractivity contribution in [2.24, 2.45) is 0 Å². The lowest BCUT2D eigenvalue weighted by molar-refractivity contribution is 0.405. The van der Waals surface area contributed by atoms with Crippen molar-refractivity contribution in [2.45, 2.75) is 32.9 Å². The first-order valence-electron chi connectivity index (χ1n) is 6.56. The van der Waals surface area contributed by atoms with Crippen LogP contribution in [0.4, 0.5) is 0 Å². The maximum Gasteiger partial charge on any atom is 0.120 e. The minimum Gasteiger partial charge on any atom is -0.508 e. The van der Waals surface area contributed by atoms with E-state index in [0.717, 1.165) is 16.3 Å². The first-order chi connectivity index (χ1) is 9.51. The molecule has 0 fully saturated rings. The highest BCUT2D eigenvalue weighted by molar-refractivity contribution is 7.11. The van der Waals surface area contributed by atoms with E-state index in [-0.39, 0.29) is 17.8 Å². The van der Waals surface area contributed by atoms with Gasteiger partial charge in [0.25, 0.3) is 0 Å². The average Bonchev–Trinajstić information content (AvgIpc) is 2.86. The van der Waals surface area contributed by atoms with Crippen LogP contribution in [-0.2, 0) is 0 Å². The van der Waals surface area contributed by atoms with Gasteiger partial charge in [-0.2, -0.15) is 0 Å². The molecule has 0 aliphatic carbocycles.